The Bertz CT molecular complexity index is 659. The van der Waals surface area contributed by atoms with Crippen molar-refractivity contribution in [2.45, 2.75) is 4.90 Å². The van der Waals surface area contributed by atoms with Crippen molar-refractivity contribution >= 4 is 31.3 Å². The van der Waals surface area contributed by atoms with E-state index in [1.165, 1.54) is 14.1 Å². The summed E-state index contributed by atoms with van der Waals surface area (Å²) in [5.74, 6) is -2.33. The first-order valence-corrected chi connectivity index (χ1v) is 7.01. The Kier molecular flexibility index (Phi) is 4.11. The highest BCUT2D eigenvalue weighted by Crippen LogP contribution is 2.28. The Labute approximate surface area is 112 Å². The summed E-state index contributed by atoms with van der Waals surface area (Å²) >= 11 is 0. The Morgan fingerprint density at radius 1 is 1.42 bits per heavy atom. The molecule has 1 amide bonds. The van der Waals surface area contributed by atoms with Crippen LogP contribution in [0.15, 0.2) is 17.0 Å². The zero-order valence-corrected chi connectivity index (χ0v) is 11.3. The summed E-state index contributed by atoms with van der Waals surface area (Å²) in [6.07, 6.45) is 0. The molecular formula is C9H8ClFN2O5S. The molecule has 104 valence electrons. The highest BCUT2D eigenvalue weighted by atomic mass is 35.7. The van der Waals surface area contributed by atoms with Crippen molar-refractivity contribution in [1.82, 2.24) is 4.90 Å². The third-order valence-corrected chi connectivity index (χ3v) is 3.46. The molecule has 0 bridgehead atoms. The van der Waals surface area contributed by atoms with Crippen LogP contribution in [-0.2, 0) is 9.05 Å². The lowest BCUT2D eigenvalue weighted by Crippen LogP contribution is -2.23. The second-order valence-electron chi connectivity index (χ2n) is 3.70. The van der Waals surface area contributed by atoms with Crippen LogP contribution in [0.5, 0.6) is 0 Å². The zero-order chi connectivity index (χ0) is 15.0. The smallest absolute Gasteiger partial charge is 0.271 e. The fraction of sp³-hybridized carbons (Fsp3) is 0.222. The Hall–Kier alpha value is -1.74. The van der Waals surface area contributed by atoms with Crippen LogP contribution in [0.3, 0.4) is 0 Å². The summed E-state index contributed by atoms with van der Waals surface area (Å²) in [5.41, 5.74) is -1.48. The maximum Gasteiger partial charge on any atom is 0.271 e. The van der Waals surface area contributed by atoms with E-state index in [4.69, 9.17) is 10.7 Å². The number of carbonyl (C=O) groups is 1. The third kappa shape index (κ3) is 3.18. The van der Waals surface area contributed by atoms with Crippen LogP contribution in [0.25, 0.3) is 0 Å². The van der Waals surface area contributed by atoms with Gasteiger partial charge in [-0.05, 0) is 0 Å². The molecule has 0 fully saturated rings. The van der Waals surface area contributed by atoms with E-state index in [9.17, 15) is 27.7 Å². The highest BCUT2D eigenvalue weighted by Gasteiger charge is 2.27. The summed E-state index contributed by atoms with van der Waals surface area (Å²) in [4.78, 5) is 21.2. The summed E-state index contributed by atoms with van der Waals surface area (Å²) in [6, 6.07) is 1.12. The molecule has 1 aromatic rings. The maximum atomic E-state index is 13.9. The molecule has 10 heteroatoms. The van der Waals surface area contributed by atoms with Gasteiger partial charge in [-0.1, -0.05) is 0 Å². The quantitative estimate of drug-likeness (QED) is 0.477. The predicted molar refractivity (Wildman–Crippen MR) is 64.1 cm³/mol. The molecule has 0 atom stereocenters. The zero-order valence-electron chi connectivity index (χ0n) is 9.75. The first-order valence-electron chi connectivity index (χ1n) is 4.70. The first-order chi connectivity index (χ1) is 8.55. The predicted octanol–water partition coefficient (Wildman–Crippen LogP) is 1.36. The average Bonchev–Trinajstić information content (AvgIpc) is 2.26. The molecule has 0 unspecified atom stereocenters. The number of nitrogens with zero attached hydrogens (tertiary/aromatic N) is 2. The van der Waals surface area contributed by atoms with Gasteiger partial charge in [-0.25, -0.2) is 12.8 Å². The second kappa shape index (κ2) is 5.10. The van der Waals surface area contributed by atoms with Crippen molar-refractivity contribution in [3.8, 4) is 0 Å². The molecule has 0 saturated heterocycles. The summed E-state index contributed by atoms with van der Waals surface area (Å²) < 4.78 is 36.2. The molecule has 1 rings (SSSR count). The summed E-state index contributed by atoms with van der Waals surface area (Å²) in [5, 5.41) is 10.7. The van der Waals surface area contributed by atoms with E-state index in [2.05, 4.69) is 0 Å². The minimum atomic E-state index is -4.55. The maximum absolute atomic E-state index is 13.9. The minimum Gasteiger partial charge on any atom is -0.345 e. The van der Waals surface area contributed by atoms with Crippen LogP contribution >= 0.6 is 10.7 Å². The van der Waals surface area contributed by atoms with E-state index >= 15 is 0 Å². The lowest BCUT2D eigenvalue weighted by Gasteiger charge is -2.12. The number of non-ortho nitro benzene ring substituents is 1. The topological polar surface area (TPSA) is 97.6 Å². The highest BCUT2D eigenvalue weighted by molar-refractivity contribution is 8.13. The van der Waals surface area contributed by atoms with E-state index in [0.717, 1.165) is 4.90 Å². The van der Waals surface area contributed by atoms with Gasteiger partial charge < -0.3 is 4.90 Å². The van der Waals surface area contributed by atoms with Crippen LogP contribution in [-0.4, -0.2) is 38.2 Å². The number of amides is 1. The van der Waals surface area contributed by atoms with Crippen LogP contribution in [0.4, 0.5) is 10.1 Å². The van der Waals surface area contributed by atoms with E-state index in [1.54, 1.807) is 0 Å². The molecule has 0 saturated carbocycles. The van der Waals surface area contributed by atoms with E-state index in [0.29, 0.717) is 12.1 Å². The molecule has 0 aliphatic carbocycles. The van der Waals surface area contributed by atoms with Gasteiger partial charge in [0.2, 0.25) is 0 Å². The Morgan fingerprint density at radius 3 is 2.32 bits per heavy atom. The van der Waals surface area contributed by atoms with Gasteiger partial charge in [0.15, 0.2) is 5.82 Å². The van der Waals surface area contributed by atoms with Gasteiger partial charge in [-0.15, -0.1) is 0 Å². The fourth-order valence-corrected chi connectivity index (χ4v) is 2.19. The number of rotatable bonds is 3. The molecular weight excluding hydrogens is 303 g/mol. The standard InChI is InChI=1S/C9H8ClFN2O5S/c1-12(2)9(14)6-3-5(13(15)16)4-7(8(6)11)19(10,17)18/h3-4H,1-2H3. The van der Waals surface area contributed by atoms with E-state index < -0.39 is 41.8 Å². The molecule has 0 aliphatic heterocycles. The summed E-state index contributed by atoms with van der Waals surface area (Å²) in [6.45, 7) is 0. The van der Waals surface area contributed by atoms with Crippen molar-refractivity contribution in [2.75, 3.05) is 14.1 Å². The van der Waals surface area contributed by atoms with Crippen molar-refractivity contribution < 1.29 is 22.5 Å². The van der Waals surface area contributed by atoms with Gasteiger partial charge in [0.1, 0.15) is 4.90 Å². The molecule has 0 aliphatic rings. The van der Waals surface area contributed by atoms with Crippen LogP contribution in [0.1, 0.15) is 10.4 Å². The second-order valence-corrected chi connectivity index (χ2v) is 6.23. The van der Waals surface area contributed by atoms with Gasteiger partial charge in [0, 0.05) is 36.9 Å². The van der Waals surface area contributed by atoms with Crippen LogP contribution in [0, 0.1) is 15.9 Å². The largest absolute Gasteiger partial charge is 0.345 e. The van der Waals surface area contributed by atoms with Gasteiger partial charge in [-0.2, -0.15) is 0 Å². The normalized spacial score (nSPS) is 11.2. The molecule has 0 heterocycles. The molecule has 19 heavy (non-hydrogen) atoms. The molecule has 0 spiro atoms. The van der Waals surface area contributed by atoms with Gasteiger partial charge >= 0.3 is 0 Å². The van der Waals surface area contributed by atoms with Gasteiger partial charge in [0.25, 0.3) is 20.6 Å². The number of nitro groups is 1. The first kappa shape index (κ1) is 15.3. The van der Waals surface area contributed by atoms with Gasteiger partial charge in [0.05, 0.1) is 10.5 Å². The number of halogens is 2. The van der Waals surface area contributed by atoms with E-state index in [-0.39, 0.29) is 0 Å². The van der Waals surface area contributed by atoms with Gasteiger partial charge in [-0.3, -0.25) is 14.9 Å². The van der Waals surface area contributed by atoms with Crippen LogP contribution in [0.2, 0.25) is 0 Å². The molecule has 0 N–H and O–H groups in total. The van der Waals surface area contributed by atoms with Crippen molar-refractivity contribution in [3.05, 3.63) is 33.6 Å². The van der Waals surface area contributed by atoms with Crippen molar-refractivity contribution in [2.24, 2.45) is 0 Å². The SMILES string of the molecule is CN(C)C(=O)c1cc([N+](=O)[O-])cc(S(=O)(=O)Cl)c1F. The fourth-order valence-electron chi connectivity index (χ4n) is 1.26. The van der Waals surface area contributed by atoms with E-state index in [1.807, 2.05) is 0 Å². The van der Waals surface area contributed by atoms with Crippen molar-refractivity contribution in [3.63, 3.8) is 0 Å². The molecule has 7 nitrogen and oxygen atoms in total. The monoisotopic (exact) mass is 310 g/mol. The Balaban J connectivity index is 3.70. The summed E-state index contributed by atoms with van der Waals surface area (Å²) in [7, 11) is 3.01. The Morgan fingerprint density at radius 2 is 1.95 bits per heavy atom. The number of carbonyl (C=O) groups excluding carboxylic acids is 1. The number of hydrogen-bond acceptors (Lipinski definition) is 5. The minimum absolute atomic E-state index is 0.462. The molecule has 0 radical (unpaired) electrons. The van der Waals surface area contributed by atoms with Crippen molar-refractivity contribution in [1.29, 1.82) is 0 Å². The average molecular weight is 311 g/mol. The number of hydrogen-bond donors (Lipinski definition) is 0. The lowest BCUT2D eigenvalue weighted by molar-refractivity contribution is -0.385. The number of benzene rings is 1. The molecule has 0 aromatic heterocycles. The molecule has 1 aromatic carbocycles. The number of nitro benzene ring substituents is 1. The lowest BCUT2D eigenvalue weighted by atomic mass is 10.1. The third-order valence-electron chi connectivity index (χ3n) is 2.13. The van der Waals surface area contributed by atoms with Crippen LogP contribution < -0.4 is 0 Å².